The maximum Gasteiger partial charge on any atom is 0.415 e. The van der Waals surface area contributed by atoms with Gasteiger partial charge in [0.1, 0.15) is 17.6 Å². The third kappa shape index (κ3) is 7.30. The van der Waals surface area contributed by atoms with Crippen molar-refractivity contribution in [3.8, 4) is 11.5 Å². The van der Waals surface area contributed by atoms with Crippen molar-refractivity contribution in [3.63, 3.8) is 0 Å². The Morgan fingerprint density at radius 1 is 0.943 bits per heavy atom. The first-order valence-corrected chi connectivity index (χ1v) is 11.9. The van der Waals surface area contributed by atoms with Crippen LogP contribution >= 0.6 is 0 Å². The molecular weight excluding hydrogens is 444 g/mol. The van der Waals surface area contributed by atoms with Crippen LogP contribution in [-0.4, -0.2) is 46.2 Å². The van der Waals surface area contributed by atoms with Crippen molar-refractivity contribution in [1.82, 2.24) is 9.88 Å². The van der Waals surface area contributed by atoms with Crippen molar-refractivity contribution >= 4 is 12.1 Å². The average molecular weight is 475 g/mol. The van der Waals surface area contributed by atoms with Gasteiger partial charge in [0, 0.05) is 37.8 Å². The van der Waals surface area contributed by atoms with Crippen molar-refractivity contribution in [2.75, 3.05) is 13.1 Å². The number of carboxylic acid groups (broad SMARTS) is 1. The lowest BCUT2D eigenvalue weighted by Gasteiger charge is -2.31. The molecule has 0 aliphatic carbocycles. The molecule has 1 aliphatic rings. The molecule has 1 saturated heterocycles. The minimum absolute atomic E-state index is 0.00556. The van der Waals surface area contributed by atoms with E-state index < -0.39 is 5.97 Å². The van der Waals surface area contributed by atoms with Gasteiger partial charge in [0.05, 0.1) is 6.42 Å². The van der Waals surface area contributed by atoms with Crippen LogP contribution in [0.1, 0.15) is 35.2 Å². The van der Waals surface area contributed by atoms with E-state index in [2.05, 4.69) is 18.0 Å². The van der Waals surface area contributed by atoms with Crippen LogP contribution in [0.2, 0.25) is 0 Å². The lowest BCUT2D eigenvalue weighted by molar-refractivity contribution is -0.136. The highest BCUT2D eigenvalue weighted by molar-refractivity contribution is 5.71. The number of aliphatic carboxylic acids is 1. The predicted molar refractivity (Wildman–Crippen MR) is 132 cm³/mol. The Morgan fingerprint density at radius 3 is 2.26 bits per heavy atom. The molecule has 182 valence electrons. The molecule has 7 nitrogen and oxygen atoms in total. The molecule has 1 amide bonds. The number of carbonyl (C=O) groups excluding carboxylic acids is 1. The SMILES string of the molecule is Cc1ccnc(CCc2ccc(OC(=O)N3CCC(Oc4ccc(CC(=O)O)cc4)CC3)cc2)c1. The van der Waals surface area contributed by atoms with Crippen LogP contribution in [0.5, 0.6) is 11.5 Å². The Labute approximate surface area is 205 Å². The molecule has 0 saturated carbocycles. The van der Waals surface area contributed by atoms with Gasteiger partial charge >= 0.3 is 12.1 Å². The first-order chi connectivity index (χ1) is 16.9. The van der Waals surface area contributed by atoms with Crippen molar-refractivity contribution in [2.24, 2.45) is 0 Å². The molecule has 4 rings (SSSR count). The summed E-state index contributed by atoms with van der Waals surface area (Å²) in [6.07, 6.45) is 4.64. The number of hydrogen-bond acceptors (Lipinski definition) is 5. The van der Waals surface area contributed by atoms with Gasteiger partial charge in [0.25, 0.3) is 0 Å². The normalized spacial score (nSPS) is 13.9. The Kier molecular flexibility index (Phi) is 7.98. The summed E-state index contributed by atoms with van der Waals surface area (Å²) in [5.74, 6) is 0.384. The van der Waals surface area contributed by atoms with Gasteiger partial charge in [0.2, 0.25) is 0 Å². The monoisotopic (exact) mass is 474 g/mol. The Balaban J connectivity index is 1.20. The summed E-state index contributed by atoms with van der Waals surface area (Å²) in [5.41, 5.74) is 4.18. The van der Waals surface area contributed by atoms with Crippen LogP contribution in [0, 0.1) is 6.92 Å². The van der Waals surface area contributed by atoms with E-state index in [1.807, 2.05) is 36.5 Å². The molecule has 2 heterocycles. The molecule has 2 aromatic carbocycles. The van der Waals surface area contributed by atoms with Gasteiger partial charge < -0.3 is 19.5 Å². The fraction of sp³-hybridized carbons (Fsp3) is 0.321. The second-order valence-corrected chi connectivity index (χ2v) is 8.86. The average Bonchev–Trinajstić information content (AvgIpc) is 2.85. The summed E-state index contributed by atoms with van der Waals surface area (Å²) in [6.45, 7) is 3.18. The first-order valence-electron chi connectivity index (χ1n) is 11.9. The van der Waals surface area contributed by atoms with Gasteiger partial charge in [-0.3, -0.25) is 9.78 Å². The summed E-state index contributed by atoms with van der Waals surface area (Å²) in [6, 6.07) is 18.8. The van der Waals surface area contributed by atoms with Gasteiger partial charge in [-0.25, -0.2) is 4.79 Å². The minimum atomic E-state index is -0.857. The number of likely N-dealkylation sites (tertiary alicyclic amines) is 1. The number of nitrogens with zero attached hydrogens (tertiary/aromatic N) is 2. The largest absolute Gasteiger partial charge is 0.490 e. The Hall–Kier alpha value is -3.87. The highest BCUT2D eigenvalue weighted by Crippen LogP contribution is 2.21. The third-order valence-electron chi connectivity index (χ3n) is 6.05. The van der Waals surface area contributed by atoms with Crippen LogP contribution in [0.15, 0.2) is 66.9 Å². The minimum Gasteiger partial charge on any atom is -0.490 e. The lowest BCUT2D eigenvalue weighted by Crippen LogP contribution is -2.43. The van der Waals surface area contributed by atoms with Crippen molar-refractivity contribution in [3.05, 3.63) is 89.2 Å². The number of rotatable bonds is 8. The van der Waals surface area contributed by atoms with E-state index in [1.54, 1.807) is 29.2 Å². The molecule has 7 heteroatoms. The molecule has 0 radical (unpaired) electrons. The van der Waals surface area contributed by atoms with Crippen LogP contribution < -0.4 is 9.47 Å². The highest BCUT2D eigenvalue weighted by atomic mass is 16.6. The van der Waals surface area contributed by atoms with Gasteiger partial charge in [-0.2, -0.15) is 0 Å². The van der Waals surface area contributed by atoms with Gasteiger partial charge in [0.15, 0.2) is 0 Å². The fourth-order valence-corrected chi connectivity index (χ4v) is 4.11. The highest BCUT2D eigenvalue weighted by Gasteiger charge is 2.25. The van der Waals surface area contributed by atoms with E-state index in [1.165, 1.54) is 11.1 Å². The predicted octanol–water partition coefficient (Wildman–Crippen LogP) is 4.84. The maximum absolute atomic E-state index is 12.6. The molecule has 0 atom stereocenters. The molecule has 0 spiro atoms. The lowest BCUT2D eigenvalue weighted by atomic mass is 10.1. The standard InChI is InChI=1S/C28H30N2O5/c1-20-12-15-29-23(18-20)7-2-21-3-8-25(9-4-21)35-28(33)30-16-13-26(14-17-30)34-24-10-5-22(6-11-24)19-27(31)32/h3-6,8-12,15,18,26H,2,7,13-14,16-17,19H2,1H3,(H,31,32). The molecule has 1 fully saturated rings. The molecule has 3 aromatic rings. The van der Waals surface area contributed by atoms with E-state index in [9.17, 15) is 9.59 Å². The zero-order chi connectivity index (χ0) is 24.6. The quantitative estimate of drug-likeness (QED) is 0.502. The molecule has 1 N–H and O–H groups in total. The second kappa shape index (κ2) is 11.5. The number of benzene rings is 2. The molecule has 35 heavy (non-hydrogen) atoms. The van der Waals surface area contributed by atoms with Crippen LogP contribution in [-0.2, 0) is 24.1 Å². The zero-order valence-electron chi connectivity index (χ0n) is 19.9. The van der Waals surface area contributed by atoms with Gasteiger partial charge in [-0.1, -0.05) is 24.3 Å². The zero-order valence-corrected chi connectivity index (χ0v) is 19.9. The second-order valence-electron chi connectivity index (χ2n) is 8.86. The topological polar surface area (TPSA) is 89.0 Å². The summed E-state index contributed by atoms with van der Waals surface area (Å²) in [5, 5.41) is 8.87. The first kappa shape index (κ1) is 24.3. The number of carbonyl (C=O) groups is 2. The summed E-state index contributed by atoms with van der Waals surface area (Å²) < 4.78 is 11.6. The molecule has 0 unspecified atom stereocenters. The number of piperidine rings is 1. The van der Waals surface area contributed by atoms with Crippen LogP contribution in [0.4, 0.5) is 4.79 Å². The summed E-state index contributed by atoms with van der Waals surface area (Å²) in [4.78, 5) is 29.5. The van der Waals surface area contributed by atoms with E-state index in [0.717, 1.165) is 24.1 Å². The molecule has 0 bridgehead atoms. The van der Waals surface area contributed by atoms with E-state index >= 15 is 0 Å². The number of aryl methyl sites for hydroxylation is 3. The third-order valence-corrected chi connectivity index (χ3v) is 6.05. The van der Waals surface area contributed by atoms with Crippen molar-refractivity contribution in [1.29, 1.82) is 0 Å². The number of carboxylic acids is 1. The summed E-state index contributed by atoms with van der Waals surface area (Å²) >= 11 is 0. The van der Waals surface area contributed by atoms with Crippen molar-refractivity contribution in [2.45, 2.75) is 45.1 Å². The van der Waals surface area contributed by atoms with Gasteiger partial charge in [-0.15, -0.1) is 0 Å². The maximum atomic E-state index is 12.6. The Bertz CT molecular complexity index is 1140. The molecule has 1 aliphatic heterocycles. The van der Waals surface area contributed by atoms with E-state index in [4.69, 9.17) is 14.6 Å². The number of hydrogen-bond donors (Lipinski definition) is 1. The van der Waals surface area contributed by atoms with Gasteiger partial charge in [-0.05, 0) is 72.9 Å². The Morgan fingerprint density at radius 2 is 1.60 bits per heavy atom. The van der Waals surface area contributed by atoms with E-state index in [0.29, 0.717) is 37.4 Å². The van der Waals surface area contributed by atoms with E-state index in [-0.39, 0.29) is 18.6 Å². The number of aromatic nitrogens is 1. The van der Waals surface area contributed by atoms with Crippen LogP contribution in [0.25, 0.3) is 0 Å². The fourth-order valence-electron chi connectivity index (χ4n) is 4.11. The number of pyridine rings is 1. The molecular formula is C28H30N2O5. The number of amides is 1. The smallest absolute Gasteiger partial charge is 0.415 e. The summed E-state index contributed by atoms with van der Waals surface area (Å²) in [7, 11) is 0. The molecule has 1 aromatic heterocycles. The van der Waals surface area contributed by atoms with Crippen LogP contribution in [0.3, 0.4) is 0 Å². The number of ether oxygens (including phenoxy) is 2. The van der Waals surface area contributed by atoms with Crippen molar-refractivity contribution < 1.29 is 24.2 Å².